The van der Waals surface area contributed by atoms with Crippen LogP contribution in [-0.4, -0.2) is 25.9 Å². The zero-order valence-corrected chi connectivity index (χ0v) is 11.7. The summed E-state index contributed by atoms with van der Waals surface area (Å²) in [6, 6.07) is 8.27. The fraction of sp³-hybridized carbons (Fsp3) is 0.600. The quantitative estimate of drug-likeness (QED) is 0.722. The number of rotatable bonds is 8. The molecule has 0 aliphatic heterocycles. The van der Waals surface area contributed by atoms with Crippen LogP contribution in [0.2, 0.25) is 0 Å². The van der Waals surface area contributed by atoms with Crippen molar-refractivity contribution in [2.75, 3.05) is 19.8 Å². The van der Waals surface area contributed by atoms with E-state index in [1.54, 1.807) is 0 Å². The molecule has 2 N–H and O–H groups in total. The van der Waals surface area contributed by atoms with Crippen LogP contribution in [0.25, 0.3) is 0 Å². The molecule has 18 heavy (non-hydrogen) atoms. The summed E-state index contributed by atoms with van der Waals surface area (Å²) in [6.45, 7) is 8.29. The van der Waals surface area contributed by atoms with E-state index >= 15 is 0 Å². The van der Waals surface area contributed by atoms with Crippen molar-refractivity contribution in [2.45, 2.75) is 33.2 Å². The Balaban J connectivity index is 2.29. The van der Waals surface area contributed by atoms with Crippen LogP contribution < -0.4 is 10.5 Å². The van der Waals surface area contributed by atoms with E-state index in [0.29, 0.717) is 19.1 Å². The predicted molar refractivity (Wildman–Crippen MR) is 74.9 cm³/mol. The topological polar surface area (TPSA) is 44.5 Å². The number of nitrogens with two attached hydrogens (primary N) is 1. The van der Waals surface area contributed by atoms with Gasteiger partial charge in [-0.05, 0) is 37.0 Å². The normalized spacial score (nSPS) is 12.7. The van der Waals surface area contributed by atoms with Gasteiger partial charge in [0.15, 0.2) is 0 Å². The largest absolute Gasteiger partial charge is 0.491 e. The summed E-state index contributed by atoms with van der Waals surface area (Å²) in [5.41, 5.74) is 7.00. The molecule has 0 heterocycles. The predicted octanol–water partition coefficient (Wildman–Crippen LogP) is 2.63. The van der Waals surface area contributed by atoms with Crippen LogP contribution in [0, 0.1) is 5.92 Å². The Morgan fingerprint density at radius 1 is 1.17 bits per heavy atom. The molecule has 0 bridgehead atoms. The van der Waals surface area contributed by atoms with Gasteiger partial charge >= 0.3 is 0 Å². The molecule has 1 aromatic carbocycles. The number of benzene rings is 1. The van der Waals surface area contributed by atoms with Crippen LogP contribution in [0.3, 0.4) is 0 Å². The molecule has 1 rings (SSSR count). The van der Waals surface area contributed by atoms with Gasteiger partial charge in [-0.25, -0.2) is 0 Å². The Morgan fingerprint density at radius 3 is 2.61 bits per heavy atom. The molecule has 1 atom stereocenters. The molecule has 102 valence electrons. The first-order valence-electron chi connectivity index (χ1n) is 6.63. The molecule has 0 amide bonds. The molecule has 0 fully saturated rings. The van der Waals surface area contributed by atoms with E-state index in [1.165, 1.54) is 5.56 Å². The van der Waals surface area contributed by atoms with Gasteiger partial charge in [0.1, 0.15) is 12.4 Å². The van der Waals surface area contributed by atoms with Crippen molar-refractivity contribution in [3.05, 3.63) is 29.8 Å². The third-order valence-electron chi connectivity index (χ3n) is 2.40. The van der Waals surface area contributed by atoms with E-state index in [9.17, 15) is 0 Å². The minimum Gasteiger partial charge on any atom is -0.491 e. The molecule has 1 aromatic rings. The molecular weight excluding hydrogens is 226 g/mol. The minimum absolute atomic E-state index is 0.176. The first-order valence-corrected chi connectivity index (χ1v) is 6.63. The number of hydrogen-bond acceptors (Lipinski definition) is 3. The molecule has 0 aromatic heterocycles. The fourth-order valence-corrected chi connectivity index (χ4v) is 1.67. The van der Waals surface area contributed by atoms with Crippen LogP contribution in [0.4, 0.5) is 0 Å². The van der Waals surface area contributed by atoms with Gasteiger partial charge in [0.2, 0.25) is 0 Å². The van der Waals surface area contributed by atoms with Gasteiger partial charge in [-0.15, -0.1) is 0 Å². The maximum atomic E-state index is 5.78. The average Bonchev–Trinajstić information content (AvgIpc) is 2.27. The minimum atomic E-state index is 0.176. The second-order valence-corrected chi connectivity index (χ2v) is 5.15. The average molecular weight is 251 g/mol. The van der Waals surface area contributed by atoms with E-state index < -0.39 is 0 Å². The van der Waals surface area contributed by atoms with Crippen molar-refractivity contribution < 1.29 is 9.47 Å². The molecule has 1 unspecified atom stereocenters. The van der Waals surface area contributed by atoms with Gasteiger partial charge in [0, 0.05) is 12.6 Å². The fourth-order valence-electron chi connectivity index (χ4n) is 1.67. The van der Waals surface area contributed by atoms with E-state index in [1.807, 2.05) is 25.1 Å². The molecule has 3 nitrogen and oxygen atoms in total. The Labute approximate surface area is 110 Å². The smallest absolute Gasteiger partial charge is 0.119 e. The van der Waals surface area contributed by atoms with Crippen molar-refractivity contribution in [1.82, 2.24) is 0 Å². The van der Waals surface area contributed by atoms with Crippen LogP contribution in [0.5, 0.6) is 5.75 Å². The Hall–Kier alpha value is -1.06. The standard InChI is InChI=1S/C15H25NO2/c1-12(2)11-17-7-8-18-15-6-4-5-14(10-15)9-13(3)16/h4-6,10,12-13H,7-9,11,16H2,1-3H3. The van der Waals surface area contributed by atoms with Crippen molar-refractivity contribution >= 4 is 0 Å². The molecule has 0 saturated carbocycles. The molecule has 3 heteroatoms. The highest BCUT2D eigenvalue weighted by Gasteiger charge is 2.00. The molecule has 0 spiro atoms. The zero-order valence-electron chi connectivity index (χ0n) is 11.7. The van der Waals surface area contributed by atoms with E-state index in [0.717, 1.165) is 18.8 Å². The van der Waals surface area contributed by atoms with Gasteiger partial charge in [0.25, 0.3) is 0 Å². The lowest BCUT2D eigenvalue weighted by Gasteiger charge is -2.10. The maximum Gasteiger partial charge on any atom is 0.119 e. The second kappa shape index (κ2) is 8.11. The SMILES string of the molecule is CC(C)COCCOc1cccc(CC(C)N)c1. The first-order chi connectivity index (χ1) is 8.58. The third kappa shape index (κ3) is 6.62. The van der Waals surface area contributed by atoms with Gasteiger partial charge in [-0.3, -0.25) is 0 Å². The number of hydrogen-bond donors (Lipinski definition) is 1. The Bertz CT molecular complexity index is 337. The van der Waals surface area contributed by atoms with Crippen molar-refractivity contribution in [2.24, 2.45) is 11.7 Å². The monoisotopic (exact) mass is 251 g/mol. The summed E-state index contributed by atoms with van der Waals surface area (Å²) in [5, 5.41) is 0. The summed E-state index contributed by atoms with van der Waals surface area (Å²) in [4.78, 5) is 0. The lowest BCUT2D eigenvalue weighted by atomic mass is 10.1. The summed E-state index contributed by atoms with van der Waals surface area (Å²) in [7, 11) is 0. The van der Waals surface area contributed by atoms with Crippen LogP contribution >= 0.6 is 0 Å². The molecule has 0 saturated heterocycles. The maximum absolute atomic E-state index is 5.78. The van der Waals surface area contributed by atoms with E-state index in [-0.39, 0.29) is 6.04 Å². The summed E-state index contributed by atoms with van der Waals surface area (Å²) in [6.07, 6.45) is 0.876. The second-order valence-electron chi connectivity index (χ2n) is 5.15. The van der Waals surface area contributed by atoms with Crippen molar-refractivity contribution in [3.63, 3.8) is 0 Å². The third-order valence-corrected chi connectivity index (χ3v) is 2.40. The van der Waals surface area contributed by atoms with E-state index in [4.69, 9.17) is 15.2 Å². The van der Waals surface area contributed by atoms with Crippen molar-refractivity contribution in [3.8, 4) is 5.75 Å². The van der Waals surface area contributed by atoms with Crippen LogP contribution in [0.1, 0.15) is 26.3 Å². The molecule has 0 radical (unpaired) electrons. The Kier molecular flexibility index (Phi) is 6.76. The summed E-state index contributed by atoms with van der Waals surface area (Å²) >= 11 is 0. The van der Waals surface area contributed by atoms with Crippen molar-refractivity contribution in [1.29, 1.82) is 0 Å². The lowest BCUT2D eigenvalue weighted by Crippen LogP contribution is -2.17. The van der Waals surface area contributed by atoms with Gasteiger partial charge < -0.3 is 15.2 Å². The number of ether oxygens (including phenoxy) is 2. The molecule has 0 aliphatic rings. The lowest BCUT2D eigenvalue weighted by molar-refractivity contribution is 0.0819. The zero-order chi connectivity index (χ0) is 13.4. The highest BCUT2D eigenvalue weighted by molar-refractivity contribution is 5.28. The van der Waals surface area contributed by atoms with Gasteiger partial charge in [0.05, 0.1) is 6.61 Å². The van der Waals surface area contributed by atoms with Gasteiger partial charge in [-0.2, -0.15) is 0 Å². The summed E-state index contributed by atoms with van der Waals surface area (Å²) < 4.78 is 11.1. The highest BCUT2D eigenvalue weighted by Crippen LogP contribution is 2.14. The molecule has 0 aliphatic carbocycles. The highest BCUT2D eigenvalue weighted by atomic mass is 16.5. The van der Waals surface area contributed by atoms with Crippen LogP contribution in [0.15, 0.2) is 24.3 Å². The van der Waals surface area contributed by atoms with Crippen LogP contribution in [-0.2, 0) is 11.2 Å². The Morgan fingerprint density at radius 2 is 1.94 bits per heavy atom. The van der Waals surface area contributed by atoms with Gasteiger partial charge in [-0.1, -0.05) is 26.0 Å². The first kappa shape index (κ1) is 15.0. The summed E-state index contributed by atoms with van der Waals surface area (Å²) in [5.74, 6) is 1.46. The molecular formula is C15H25NO2. The van der Waals surface area contributed by atoms with E-state index in [2.05, 4.69) is 19.9 Å².